The fraction of sp³-hybridized carbons (Fsp3) is 0.389. The molecule has 0 aliphatic heterocycles. The van der Waals surface area contributed by atoms with E-state index in [0.29, 0.717) is 17.0 Å². The van der Waals surface area contributed by atoms with Crippen LogP contribution in [0, 0.1) is 0 Å². The number of anilines is 1. The van der Waals surface area contributed by atoms with Crippen molar-refractivity contribution in [3.8, 4) is 5.75 Å². The molecular formula is C18H23N5O3. The van der Waals surface area contributed by atoms with E-state index in [-0.39, 0.29) is 17.6 Å². The average Bonchev–Trinajstić information content (AvgIpc) is 3.04. The number of hydrogen-bond acceptors (Lipinski definition) is 6. The molecule has 1 unspecified atom stereocenters. The van der Waals surface area contributed by atoms with Gasteiger partial charge in [0.25, 0.3) is 5.56 Å². The number of methoxy groups -OCH3 is 1. The lowest BCUT2D eigenvalue weighted by Gasteiger charge is -2.20. The highest BCUT2D eigenvalue weighted by Crippen LogP contribution is 2.20. The molecule has 138 valence electrons. The van der Waals surface area contributed by atoms with Gasteiger partial charge in [0.15, 0.2) is 5.65 Å². The first-order valence-electron chi connectivity index (χ1n) is 8.34. The molecule has 0 amide bonds. The topological polar surface area (TPSA) is 105 Å². The number of fused-ring (bicyclic) bond motifs is 1. The zero-order valence-corrected chi connectivity index (χ0v) is 15.3. The van der Waals surface area contributed by atoms with E-state index in [4.69, 9.17) is 4.74 Å². The second-order valence-electron chi connectivity index (χ2n) is 7.05. The van der Waals surface area contributed by atoms with Gasteiger partial charge in [-0.2, -0.15) is 10.1 Å². The van der Waals surface area contributed by atoms with Crippen LogP contribution in [0.15, 0.2) is 35.3 Å². The first-order chi connectivity index (χ1) is 12.3. The van der Waals surface area contributed by atoms with Crippen molar-refractivity contribution in [1.82, 2.24) is 19.7 Å². The minimum Gasteiger partial charge on any atom is -0.497 e. The lowest BCUT2D eigenvalue weighted by Crippen LogP contribution is -2.24. The van der Waals surface area contributed by atoms with Crippen LogP contribution < -0.4 is 15.6 Å². The van der Waals surface area contributed by atoms with Gasteiger partial charge in [-0.3, -0.25) is 9.78 Å². The first-order valence-corrected chi connectivity index (χ1v) is 8.34. The predicted molar refractivity (Wildman–Crippen MR) is 99.6 cm³/mol. The fourth-order valence-corrected chi connectivity index (χ4v) is 2.63. The van der Waals surface area contributed by atoms with Gasteiger partial charge in [-0.05, 0) is 38.5 Å². The van der Waals surface area contributed by atoms with Crippen molar-refractivity contribution < 1.29 is 9.84 Å². The molecule has 3 aromatic rings. The van der Waals surface area contributed by atoms with Crippen LogP contribution in [0.3, 0.4) is 0 Å². The van der Waals surface area contributed by atoms with Gasteiger partial charge in [-0.25, -0.2) is 4.68 Å². The van der Waals surface area contributed by atoms with Crippen LogP contribution in [0.25, 0.3) is 11.0 Å². The molecule has 1 atom stereocenters. The zero-order valence-electron chi connectivity index (χ0n) is 15.3. The Kier molecular flexibility index (Phi) is 4.69. The highest BCUT2D eigenvalue weighted by atomic mass is 16.5. The summed E-state index contributed by atoms with van der Waals surface area (Å²) in [5.41, 5.74) is 0.665. The van der Waals surface area contributed by atoms with E-state index in [9.17, 15) is 9.90 Å². The first kappa shape index (κ1) is 17.9. The van der Waals surface area contributed by atoms with Gasteiger partial charge in [-0.1, -0.05) is 12.1 Å². The number of aliphatic hydroxyl groups is 1. The summed E-state index contributed by atoms with van der Waals surface area (Å²) in [7, 11) is 1.59. The maximum atomic E-state index is 12.3. The zero-order chi connectivity index (χ0) is 18.9. The van der Waals surface area contributed by atoms with Gasteiger partial charge < -0.3 is 15.2 Å². The van der Waals surface area contributed by atoms with E-state index in [1.807, 2.05) is 20.8 Å². The molecule has 2 aromatic heterocycles. The fourth-order valence-electron chi connectivity index (χ4n) is 2.63. The highest BCUT2D eigenvalue weighted by molar-refractivity contribution is 5.74. The number of aliphatic hydroxyl groups excluding tert-OH is 1. The van der Waals surface area contributed by atoms with Crippen LogP contribution >= 0.6 is 0 Å². The molecule has 0 spiro atoms. The van der Waals surface area contributed by atoms with E-state index in [2.05, 4.69) is 20.4 Å². The lowest BCUT2D eigenvalue weighted by molar-refractivity contribution is 0.191. The average molecular weight is 357 g/mol. The van der Waals surface area contributed by atoms with Crippen molar-refractivity contribution in [2.75, 3.05) is 19.0 Å². The van der Waals surface area contributed by atoms with Crippen molar-refractivity contribution in [2.45, 2.75) is 32.4 Å². The Morgan fingerprint density at radius 3 is 2.62 bits per heavy atom. The third kappa shape index (κ3) is 3.55. The third-order valence-corrected chi connectivity index (χ3v) is 4.04. The summed E-state index contributed by atoms with van der Waals surface area (Å²) in [5, 5.41) is 18.0. The van der Waals surface area contributed by atoms with Crippen molar-refractivity contribution in [2.24, 2.45) is 0 Å². The molecule has 3 rings (SSSR count). The Morgan fingerprint density at radius 1 is 1.31 bits per heavy atom. The molecule has 0 aliphatic rings. The molecule has 0 saturated carbocycles. The van der Waals surface area contributed by atoms with Crippen LogP contribution in [0.2, 0.25) is 0 Å². The third-order valence-electron chi connectivity index (χ3n) is 4.04. The van der Waals surface area contributed by atoms with Gasteiger partial charge in [0.2, 0.25) is 5.95 Å². The van der Waals surface area contributed by atoms with Crippen LogP contribution in [0.4, 0.5) is 5.95 Å². The van der Waals surface area contributed by atoms with E-state index in [1.165, 1.54) is 6.20 Å². The molecule has 1 aromatic carbocycles. The summed E-state index contributed by atoms with van der Waals surface area (Å²) in [6.07, 6.45) is 0.761. The van der Waals surface area contributed by atoms with Crippen molar-refractivity contribution in [1.29, 1.82) is 0 Å². The largest absolute Gasteiger partial charge is 0.497 e. The maximum absolute atomic E-state index is 12.3. The van der Waals surface area contributed by atoms with Crippen molar-refractivity contribution in [3.63, 3.8) is 0 Å². The Bertz CT molecular complexity index is 954. The van der Waals surface area contributed by atoms with Crippen LogP contribution in [-0.2, 0) is 5.54 Å². The molecule has 0 fully saturated rings. The monoisotopic (exact) mass is 357 g/mol. The molecular weight excluding hydrogens is 334 g/mol. The second kappa shape index (κ2) is 6.80. The molecule has 26 heavy (non-hydrogen) atoms. The number of aromatic nitrogens is 4. The number of rotatable bonds is 5. The number of H-pyrrole nitrogens is 1. The standard InChI is InChI=1S/C18H23N5O3/c1-18(2,3)23-15-13(9-20-23)16(25)22-17(21-15)19-10-14(24)11-5-7-12(26-4)8-6-11/h5-9,14,24H,10H2,1-4H3,(H2,19,21,22,25). The van der Waals surface area contributed by atoms with Crippen LogP contribution in [0.5, 0.6) is 5.75 Å². The molecule has 8 heteroatoms. The SMILES string of the molecule is COc1ccc(C(O)CNc2nc3c(cnn3C(C)(C)C)c(=O)[nH]2)cc1. The molecule has 0 bridgehead atoms. The van der Waals surface area contributed by atoms with Crippen LogP contribution in [-0.4, -0.2) is 38.5 Å². The van der Waals surface area contributed by atoms with Gasteiger partial charge >= 0.3 is 0 Å². The minimum absolute atomic E-state index is 0.199. The van der Waals surface area contributed by atoms with Crippen LogP contribution in [0.1, 0.15) is 32.4 Å². The van der Waals surface area contributed by atoms with E-state index < -0.39 is 6.10 Å². The van der Waals surface area contributed by atoms with Crippen molar-refractivity contribution >= 4 is 17.0 Å². The van der Waals surface area contributed by atoms with Crippen molar-refractivity contribution in [3.05, 3.63) is 46.4 Å². The van der Waals surface area contributed by atoms with E-state index >= 15 is 0 Å². The van der Waals surface area contributed by atoms with Gasteiger partial charge in [-0.15, -0.1) is 0 Å². The number of ether oxygens (including phenoxy) is 1. The molecule has 0 saturated heterocycles. The maximum Gasteiger partial charge on any atom is 0.263 e. The molecule has 8 nitrogen and oxygen atoms in total. The summed E-state index contributed by atoms with van der Waals surface area (Å²) < 4.78 is 6.82. The normalized spacial score (nSPS) is 13.0. The summed E-state index contributed by atoms with van der Waals surface area (Å²) in [6, 6.07) is 7.15. The van der Waals surface area contributed by atoms with E-state index in [0.717, 1.165) is 11.3 Å². The van der Waals surface area contributed by atoms with E-state index in [1.54, 1.807) is 36.1 Å². The summed E-state index contributed by atoms with van der Waals surface area (Å²) in [5.74, 6) is 1.02. The lowest BCUT2D eigenvalue weighted by atomic mass is 10.1. The highest BCUT2D eigenvalue weighted by Gasteiger charge is 2.20. The number of hydrogen-bond donors (Lipinski definition) is 3. The second-order valence-corrected chi connectivity index (χ2v) is 7.05. The molecule has 3 N–H and O–H groups in total. The Morgan fingerprint density at radius 2 is 2.00 bits per heavy atom. The summed E-state index contributed by atoms with van der Waals surface area (Å²) in [4.78, 5) is 19.4. The number of benzene rings is 1. The van der Waals surface area contributed by atoms with Gasteiger partial charge in [0, 0.05) is 6.54 Å². The predicted octanol–water partition coefficient (Wildman–Crippen LogP) is 2.03. The number of nitrogens with one attached hydrogen (secondary N) is 2. The number of nitrogens with zero attached hydrogens (tertiary/aromatic N) is 3. The smallest absolute Gasteiger partial charge is 0.263 e. The Hall–Kier alpha value is -2.87. The summed E-state index contributed by atoms with van der Waals surface area (Å²) >= 11 is 0. The molecule has 0 aliphatic carbocycles. The minimum atomic E-state index is -0.755. The number of aromatic amines is 1. The summed E-state index contributed by atoms with van der Waals surface area (Å²) in [6.45, 7) is 6.17. The Labute approximate surface area is 150 Å². The molecule has 0 radical (unpaired) electrons. The van der Waals surface area contributed by atoms with Gasteiger partial charge in [0.05, 0.1) is 24.9 Å². The molecule has 2 heterocycles. The Balaban J connectivity index is 1.81. The quantitative estimate of drug-likeness (QED) is 0.645. The van der Waals surface area contributed by atoms with Gasteiger partial charge in [0.1, 0.15) is 11.1 Å².